The first-order chi connectivity index (χ1) is 6.74. The Labute approximate surface area is 90.3 Å². The number of H-pyrrole nitrogens is 1. The SMILES string of the molecule is O=c1[nH]c(CC2=CC=C(Cl)CC2)ns1. The minimum atomic E-state index is -0.0926. The number of aromatic amines is 1. The van der Waals surface area contributed by atoms with E-state index in [1.54, 1.807) is 0 Å². The summed E-state index contributed by atoms with van der Waals surface area (Å²) in [5.41, 5.74) is 1.26. The van der Waals surface area contributed by atoms with Gasteiger partial charge >= 0.3 is 4.87 Å². The molecule has 1 N–H and O–H groups in total. The average molecular weight is 229 g/mol. The molecule has 3 nitrogen and oxygen atoms in total. The molecule has 14 heavy (non-hydrogen) atoms. The normalized spacial score (nSPS) is 16.4. The van der Waals surface area contributed by atoms with Crippen LogP contribution >= 0.6 is 23.1 Å². The van der Waals surface area contributed by atoms with Crippen LogP contribution in [0.3, 0.4) is 0 Å². The summed E-state index contributed by atoms with van der Waals surface area (Å²) >= 11 is 6.80. The lowest BCUT2D eigenvalue weighted by molar-refractivity contribution is 0.871. The molecule has 0 radical (unpaired) electrons. The van der Waals surface area contributed by atoms with Gasteiger partial charge in [-0.15, -0.1) is 0 Å². The number of aromatic nitrogens is 2. The summed E-state index contributed by atoms with van der Waals surface area (Å²) in [4.78, 5) is 13.4. The molecule has 0 saturated heterocycles. The standard InChI is InChI=1S/C9H9ClN2OS/c10-7-3-1-6(2-4-7)5-8-11-9(13)14-12-8/h1,3H,2,4-5H2,(H,11,12,13). The van der Waals surface area contributed by atoms with E-state index in [0.717, 1.165) is 41.7 Å². The molecule has 0 bridgehead atoms. The summed E-state index contributed by atoms with van der Waals surface area (Å²) in [5.74, 6) is 0.748. The summed E-state index contributed by atoms with van der Waals surface area (Å²) in [6.07, 6.45) is 6.48. The Morgan fingerprint density at radius 1 is 1.50 bits per heavy atom. The van der Waals surface area contributed by atoms with Crippen molar-refractivity contribution in [2.45, 2.75) is 19.3 Å². The van der Waals surface area contributed by atoms with E-state index in [-0.39, 0.29) is 4.87 Å². The van der Waals surface area contributed by atoms with Gasteiger partial charge in [-0.3, -0.25) is 9.78 Å². The summed E-state index contributed by atoms with van der Waals surface area (Å²) in [6.45, 7) is 0. The third-order valence-corrected chi connectivity index (χ3v) is 2.96. The third kappa shape index (κ3) is 2.33. The minimum Gasteiger partial charge on any atom is -0.299 e. The van der Waals surface area contributed by atoms with Crippen LogP contribution in [0.25, 0.3) is 0 Å². The molecular weight excluding hydrogens is 220 g/mol. The highest BCUT2D eigenvalue weighted by Gasteiger charge is 2.07. The Bertz CT molecular complexity index is 444. The molecule has 2 rings (SSSR count). The van der Waals surface area contributed by atoms with Crippen molar-refractivity contribution in [3.63, 3.8) is 0 Å². The van der Waals surface area contributed by atoms with Crippen LogP contribution in [-0.2, 0) is 6.42 Å². The van der Waals surface area contributed by atoms with E-state index in [9.17, 15) is 4.79 Å². The van der Waals surface area contributed by atoms with Gasteiger partial charge in [-0.05, 0) is 18.9 Å². The molecule has 5 heteroatoms. The molecule has 0 aromatic carbocycles. The van der Waals surface area contributed by atoms with Crippen molar-refractivity contribution in [2.75, 3.05) is 0 Å². The number of hydrogen-bond donors (Lipinski definition) is 1. The fraction of sp³-hybridized carbons (Fsp3) is 0.333. The van der Waals surface area contributed by atoms with Crippen molar-refractivity contribution < 1.29 is 0 Å². The zero-order valence-electron chi connectivity index (χ0n) is 7.42. The van der Waals surface area contributed by atoms with E-state index >= 15 is 0 Å². The lowest BCUT2D eigenvalue weighted by Gasteiger charge is -2.08. The lowest BCUT2D eigenvalue weighted by atomic mass is 10.0. The van der Waals surface area contributed by atoms with Crippen LogP contribution in [0.1, 0.15) is 18.7 Å². The largest absolute Gasteiger partial charge is 0.323 e. The summed E-state index contributed by atoms with van der Waals surface area (Å²) < 4.78 is 4.01. The van der Waals surface area contributed by atoms with Gasteiger partial charge in [0.15, 0.2) is 0 Å². The topological polar surface area (TPSA) is 45.8 Å². The fourth-order valence-electron chi connectivity index (χ4n) is 1.35. The average Bonchev–Trinajstić information content (AvgIpc) is 2.56. The molecule has 0 spiro atoms. The molecule has 0 fully saturated rings. The molecule has 1 aromatic heterocycles. The molecule has 0 amide bonds. The van der Waals surface area contributed by atoms with E-state index in [0.29, 0.717) is 0 Å². The molecular formula is C9H9ClN2OS. The van der Waals surface area contributed by atoms with Crippen molar-refractivity contribution in [3.05, 3.63) is 38.2 Å². The number of hydrogen-bond acceptors (Lipinski definition) is 3. The zero-order valence-corrected chi connectivity index (χ0v) is 8.99. The molecule has 1 aromatic rings. The van der Waals surface area contributed by atoms with Crippen molar-refractivity contribution in [2.24, 2.45) is 0 Å². The van der Waals surface area contributed by atoms with Crippen LogP contribution in [0.4, 0.5) is 0 Å². The monoisotopic (exact) mass is 228 g/mol. The van der Waals surface area contributed by atoms with Crippen LogP contribution < -0.4 is 4.87 Å². The second-order valence-corrected chi connectivity index (χ2v) is 4.38. The highest BCUT2D eigenvalue weighted by molar-refractivity contribution is 7.02. The van der Waals surface area contributed by atoms with Gasteiger partial charge in [0, 0.05) is 23.0 Å². The maximum absolute atomic E-state index is 10.8. The van der Waals surface area contributed by atoms with Crippen LogP contribution in [-0.4, -0.2) is 9.36 Å². The summed E-state index contributed by atoms with van der Waals surface area (Å²) in [7, 11) is 0. The Morgan fingerprint density at radius 3 is 2.93 bits per heavy atom. The van der Waals surface area contributed by atoms with Gasteiger partial charge in [-0.2, -0.15) is 4.37 Å². The molecule has 1 heterocycles. The van der Waals surface area contributed by atoms with E-state index in [1.807, 2.05) is 12.2 Å². The fourth-order valence-corrected chi connectivity index (χ4v) is 1.98. The molecule has 0 aliphatic heterocycles. The Balaban J connectivity index is 2.09. The number of rotatable bonds is 2. The van der Waals surface area contributed by atoms with Gasteiger partial charge in [-0.1, -0.05) is 23.3 Å². The third-order valence-electron chi connectivity index (χ3n) is 2.06. The predicted molar refractivity (Wildman–Crippen MR) is 57.7 cm³/mol. The first kappa shape index (κ1) is 9.68. The smallest absolute Gasteiger partial charge is 0.299 e. The van der Waals surface area contributed by atoms with E-state index in [1.165, 1.54) is 5.57 Å². The highest BCUT2D eigenvalue weighted by Crippen LogP contribution is 2.22. The molecule has 0 saturated carbocycles. The minimum absolute atomic E-state index is 0.0926. The Hall–Kier alpha value is -0.870. The maximum atomic E-state index is 10.8. The van der Waals surface area contributed by atoms with Crippen LogP contribution in [0.5, 0.6) is 0 Å². The maximum Gasteiger partial charge on any atom is 0.323 e. The second-order valence-electron chi connectivity index (χ2n) is 3.16. The second kappa shape index (κ2) is 4.11. The van der Waals surface area contributed by atoms with E-state index in [2.05, 4.69) is 9.36 Å². The van der Waals surface area contributed by atoms with Crippen molar-refractivity contribution >= 4 is 23.1 Å². The van der Waals surface area contributed by atoms with Gasteiger partial charge in [-0.25, -0.2) is 0 Å². The predicted octanol–water partition coefficient (Wildman–Crippen LogP) is 2.22. The number of halogens is 1. The van der Waals surface area contributed by atoms with E-state index < -0.39 is 0 Å². The van der Waals surface area contributed by atoms with Gasteiger partial charge in [0.05, 0.1) is 0 Å². The highest BCUT2D eigenvalue weighted by atomic mass is 35.5. The number of nitrogens with one attached hydrogen (secondary N) is 1. The summed E-state index contributed by atoms with van der Waals surface area (Å²) in [6, 6.07) is 0. The zero-order chi connectivity index (χ0) is 9.97. The van der Waals surface area contributed by atoms with Crippen molar-refractivity contribution in [3.8, 4) is 0 Å². The van der Waals surface area contributed by atoms with Crippen LogP contribution in [0.15, 0.2) is 27.6 Å². The molecule has 0 atom stereocenters. The van der Waals surface area contributed by atoms with Gasteiger partial charge in [0.25, 0.3) is 0 Å². The van der Waals surface area contributed by atoms with Crippen molar-refractivity contribution in [1.29, 1.82) is 0 Å². The number of nitrogens with zero attached hydrogens (tertiary/aromatic N) is 1. The quantitative estimate of drug-likeness (QED) is 0.844. The first-order valence-corrected chi connectivity index (χ1v) is 5.48. The van der Waals surface area contributed by atoms with Gasteiger partial charge in [0.1, 0.15) is 5.82 Å². The molecule has 74 valence electrons. The van der Waals surface area contributed by atoms with Crippen molar-refractivity contribution in [1.82, 2.24) is 9.36 Å². The summed E-state index contributed by atoms with van der Waals surface area (Å²) in [5, 5.41) is 0.889. The van der Waals surface area contributed by atoms with Crippen LogP contribution in [0, 0.1) is 0 Å². The number of allylic oxidation sites excluding steroid dienone is 4. The lowest BCUT2D eigenvalue weighted by Crippen LogP contribution is -1.99. The molecule has 1 aliphatic carbocycles. The van der Waals surface area contributed by atoms with E-state index in [4.69, 9.17) is 11.6 Å². The molecule has 1 aliphatic rings. The van der Waals surface area contributed by atoms with Gasteiger partial charge in [0.2, 0.25) is 0 Å². The first-order valence-electron chi connectivity index (χ1n) is 4.33. The van der Waals surface area contributed by atoms with Crippen LogP contribution in [0.2, 0.25) is 0 Å². The van der Waals surface area contributed by atoms with Gasteiger partial charge < -0.3 is 0 Å². The Morgan fingerprint density at radius 2 is 2.36 bits per heavy atom. The molecule has 0 unspecified atom stereocenters. The Kier molecular flexibility index (Phi) is 2.84.